The summed E-state index contributed by atoms with van der Waals surface area (Å²) < 4.78 is 9.35. The van der Waals surface area contributed by atoms with Crippen molar-refractivity contribution in [3.05, 3.63) is 126 Å². The summed E-state index contributed by atoms with van der Waals surface area (Å²) in [5.41, 5.74) is 6.09. The molecule has 0 saturated carbocycles. The number of hydrogen-bond acceptors (Lipinski definition) is 4. The summed E-state index contributed by atoms with van der Waals surface area (Å²) in [6.07, 6.45) is 0.839. The van der Waals surface area contributed by atoms with Gasteiger partial charge >= 0.3 is 0 Å². The monoisotopic (exact) mass is 585 g/mol. The van der Waals surface area contributed by atoms with E-state index >= 15 is 0 Å². The fourth-order valence-corrected chi connectivity index (χ4v) is 7.34. The van der Waals surface area contributed by atoms with Crippen LogP contribution in [0.25, 0.3) is 11.0 Å². The first-order valence-corrected chi connectivity index (χ1v) is 15.2. The van der Waals surface area contributed by atoms with Gasteiger partial charge in [-0.1, -0.05) is 67.6 Å². The highest BCUT2D eigenvalue weighted by Crippen LogP contribution is 2.52. The van der Waals surface area contributed by atoms with Gasteiger partial charge in [-0.05, 0) is 60.0 Å². The molecule has 0 N–H and O–H groups in total. The maximum absolute atomic E-state index is 14.3. The second kappa shape index (κ2) is 11.0. The summed E-state index contributed by atoms with van der Waals surface area (Å²) >= 11 is 0. The van der Waals surface area contributed by atoms with Crippen LogP contribution in [0.3, 0.4) is 0 Å². The molecule has 0 aliphatic carbocycles. The first-order valence-electron chi connectivity index (χ1n) is 15.2. The molecule has 7 nitrogen and oxygen atoms in total. The Bertz CT molecular complexity index is 1860. The molecule has 2 unspecified atom stereocenters. The Hall–Kier alpha value is -4.91. The molecule has 4 aromatic carbocycles. The normalized spacial score (nSPS) is 18.8. The number of ether oxygens (including phenoxy) is 1. The minimum atomic E-state index is -0.153. The molecule has 2 aliphatic heterocycles. The van der Waals surface area contributed by atoms with Gasteiger partial charge in [-0.3, -0.25) is 9.59 Å². The van der Waals surface area contributed by atoms with Crippen molar-refractivity contribution in [2.24, 2.45) is 0 Å². The molecule has 0 spiro atoms. The van der Waals surface area contributed by atoms with Crippen molar-refractivity contribution in [2.75, 3.05) is 18.6 Å². The third-order valence-corrected chi connectivity index (χ3v) is 9.63. The molecule has 5 aromatic rings. The summed E-state index contributed by atoms with van der Waals surface area (Å²) in [5, 5.41) is 0. The SMILES string of the molecule is COc1ccc(C(=O)C[n+]2c(C)n(CC(=O)N3CCC4(C)c5ccccc5N(Cc5ccccc5)C34)c3ccccc32)cc1. The fourth-order valence-electron chi connectivity index (χ4n) is 7.34. The molecule has 1 saturated heterocycles. The van der Waals surface area contributed by atoms with Crippen LogP contribution >= 0.6 is 0 Å². The molecule has 3 heterocycles. The third-order valence-electron chi connectivity index (χ3n) is 9.63. The van der Waals surface area contributed by atoms with Crippen molar-refractivity contribution in [3.8, 4) is 5.75 Å². The molecule has 2 aliphatic rings. The van der Waals surface area contributed by atoms with Crippen molar-refractivity contribution in [1.29, 1.82) is 0 Å². The van der Waals surface area contributed by atoms with Gasteiger partial charge in [0.2, 0.25) is 5.78 Å². The number of para-hydroxylation sites is 3. The number of carbonyl (C=O) groups is 2. The predicted octanol–water partition coefficient (Wildman–Crippen LogP) is 5.67. The van der Waals surface area contributed by atoms with Crippen LogP contribution in [-0.4, -0.2) is 41.0 Å². The van der Waals surface area contributed by atoms with Crippen LogP contribution in [0.2, 0.25) is 0 Å². The van der Waals surface area contributed by atoms with E-state index in [2.05, 4.69) is 69.8 Å². The maximum Gasteiger partial charge on any atom is 0.266 e. The van der Waals surface area contributed by atoms with E-state index in [0.29, 0.717) is 17.9 Å². The lowest BCUT2D eigenvalue weighted by Gasteiger charge is -2.37. The first-order chi connectivity index (χ1) is 21.4. The zero-order valence-corrected chi connectivity index (χ0v) is 25.4. The number of Topliss-reactive ketones (excluding diaryl/α,β-unsaturated/α-hetero) is 1. The second-order valence-electron chi connectivity index (χ2n) is 12.1. The Balaban J connectivity index is 1.20. The lowest BCUT2D eigenvalue weighted by Crippen LogP contribution is -2.51. The Morgan fingerprint density at radius 1 is 0.909 bits per heavy atom. The standard InChI is InChI=1S/C37H37N4O3/c1-26-39(24-34(42)28-17-19-29(44-3)20-18-28)32-15-9-10-16-33(32)40(26)25-35(43)38-22-21-37(2)30-13-7-8-14-31(30)41(36(37)38)23-27-11-5-4-6-12-27/h4-20,36H,21-25H2,1-3H3/q+1. The van der Waals surface area contributed by atoms with E-state index < -0.39 is 0 Å². The van der Waals surface area contributed by atoms with E-state index in [9.17, 15) is 9.59 Å². The van der Waals surface area contributed by atoms with Crippen molar-refractivity contribution in [3.63, 3.8) is 0 Å². The summed E-state index contributed by atoms with van der Waals surface area (Å²) in [6.45, 7) is 6.14. The topological polar surface area (TPSA) is 58.7 Å². The van der Waals surface area contributed by atoms with Gasteiger partial charge in [-0.25, -0.2) is 9.13 Å². The smallest absolute Gasteiger partial charge is 0.266 e. The van der Waals surface area contributed by atoms with E-state index in [0.717, 1.165) is 29.8 Å². The summed E-state index contributed by atoms with van der Waals surface area (Å²) in [7, 11) is 1.61. The summed E-state index contributed by atoms with van der Waals surface area (Å²) in [4.78, 5) is 32.2. The predicted molar refractivity (Wildman–Crippen MR) is 171 cm³/mol. The van der Waals surface area contributed by atoms with Crippen LogP contribution < -0.4 is 14.2 Å². The average Bonchev–Trinajstić information content (AvgIpc) is 3.63. The molecule has 44 heavy (non-hydrogen) atoms. The number of amides is 1. The van der Waals surface area contributed by atoms with Crippen molar-refractivity contribution in [2.45, 2.75) is 51.5 Å². The molecular formula is C37H37N4O3+. The average molecular weight is 586 g/mol. The van der Waals surface area contributed by atoms with Gasteiger partial charge in [0.15, 0.2) is 24.1 Å². The Labute approximate surface area is 257 Å². The molecule has 2 atom stereocenters. The Kier molecular flexibility index (Phi) is 6.96. The number of fused-ring (bicyclic) bond motifs is 4. The van der Waals surface area contributed by atoms with E-state index in [-0.39, 0.29) is 36.4 Å². The van der Waals surface area contributed by atoms with Crippen LogP contribution in [0.4, 0.5) is 5.69 Å². The zero-order valence-electron chi connectivity index (χ0n) is 25.4. The van der Waals surface area contributed by atoms with Crippen LogP contribution in [-0.2, 0) is 29.8 Å². The number of imidazole rings is 1. The zero-order chi connectivity index (χ0) is 30.4. The Morgan fingerprint density at radius 3 is 2.39 bits per heavy atom. The van der Waals surface area contributed by atoms with Crippen LogP contribution in [0.15, 0.2) is 103 Å². The molecule has 0 bridgehead atoms. The number of nitrogens with zero attached hydrogens (tertiary/aromatic N) is 4. The highest BCUT2D eigenvalue weighted by molar-refractivity contribution is 5.95. The molecular weight excluding hydrogens is 548 g/mol. The number of anilines is 1. The third kappa shape index (κ3) is 4.55. The number of ketones is 1. The number of carbonyl (C=O) groups excluding carboxylic acids is 2. The van der Waals surface area contributed by atoms with Gasteiger partial charge in [0.1, 0.15) is 11.9 Å². The molecule has 1 amide bonds. The number of aromatic nitrogens is 2. The number of methoxy groups -OCH3 is 1. The highest BCUT2D eigenvalue weighted by atomic mass is 16.5. The van der Waals surface area contributed by atoms with E-state index in [1.165, 1.54) is 16.8 Å². The van der Waals surface area contributed by atoms with Crippen LogP contribution in [0, 0.1) is 6.92 Å². The summed E-state index contributed by atoms with van der Waals surface area (Å²) in [5.74, 6) is 1.68. The van der Waals surface area contributed by atoms with E-state index in [4.69, 9.17) is 4.74 Å². The quantitative estimate of drug-likeness (QED) is 0.174. The molecule has 1 fully saturated rings. The van der Waals surface area contributed by atoms with E-state index in [1.54, 1.807) is 31.4 Å². The molecule has 0 radical (unpaired) electrons. The van der Waals surface area contributed by atoms with Crippen molar-refractivity contribution >= 4 is 28.4 Å². The van der Waals surface area contributed by atoms with E-state index in [1.807, 2.05) is 41.8 Å². The Morgan fingerprint density at radius 2 is 1.61 bits per heavy atom. The largest absolute Gasteiger partial charge is 0.497 e. The van der Waals surface area contributed by atoms with Crippen LogP contribution in [0.1, 0.15) is 40.7 Å². The molecule has 7 rings (SSSR count). The van der Waals surface area contributed by atoms with Gasteiger partial charge in [-0.15, -0.1) is 0 Å². The lowest BCUT2D eigenvalue weighted by atomic mass is 9.81. The second-order valence-corrected chi connectivity index (χ2v) is 12.1. The van der Waals surface area contributed by atoms with Gasteiger partial charge < -0.3 is 14.5 Å². The van der Waals surface area contributed by atoms with Gasteiger partial charge in [0.25, 0.3) is 11.7 Å². The maximum atomic E-state index is 14.3. The van der Waals surface area contributed by atoms with Crippen LogP contribution in [0.5, 0.6) is 5.75 Å². The number of likely N-dealkylation sites (tertiary alicyclic amines) is 1. The van der Waals surface area contributed by atoms with Crippen molar-refractivity contribution in [1.82, 2.24) is 9.47 Å². The van der Waals surface area contributed by atoms with Gasteiger partial charge in [-0.2, -0.15) is 0 Å². The summed E-state index contributed by atoms with van der Waals surface area (Å²) in [6, 6.07) is 34.3. The molecule has 7 heteroatoms. The minimum Gasteiger partial charge on any atom is -0.497 e. The molecule has 222 valence electrons. The lowest BCUT2D eigenvalue weighted by molar-refractivity contribution is -0.664. The molecule has 1 aromatic heterocycles. The minimum absolute atomic E-state index is 0.00515. The number of benzene rings is 4. The highest BCUT2D eigenvalue weighted by Gasteiger charge is 2.55. The van der Waals surface area contributed by atoms with Crippen molar-refractivity contribution < 1.29 is 18.9 Å². The fraction of sp³-hybridized carbons (Fsp3) is 0.270. The number of hydrogen-bond donors (Lipinski definition) is 0. The number of rotatable bonds is 8. The first kappa shape index (κ1) is 27.9. The van der Waals surface area contributed by atoms with Gasteiger partial charge in [0, 0.05) is 36.7 Å². The van der Waals surface area contributed by atoms with Gasteiger partial charge in [0.05, 0.1) is 7.11 Å².